The van der Waals surface area contributed by atoms with Crippen molar-refractivity contribution in [2.45, 2.75) is 96.8 Å². The van der Waals surface area contributed by atoms with Crippen LogP contribution in [0.15, 0.2) is 59.4 Å². The van der Waals surface area contributed by atoms with E-state index in [0.717, 1.165) is 0 Å². The van der Waals surface area contributed by atoms with Crippen LogP contribution in [0.3, 0.4) is 0 Å². The minimum Gasteiger partial charge on any atom is -0.859 e. The van der Waals surface area contributed by atoms with Gasteiger partial charge in [-0.1, -0.05) is 0 Å². The van der Waals surface area contributed by atoms with Crippen LogP contribution < -0.4 is 10.2 Å². The number of rotatable bonds is 14. The van der Waals surface area contributed by atoms with Crippen LogP contribution >= 0.6 is 0 Å². The second kappa shape index (κ2) is 31.7. The number of nitrogens with zero attached hydrogens (tertiary/aromatic N) is 4. The van der Waals surface area contributed by atoms with E-state index in [9.17, 15) is 20.6 Å². The van der Waals surface area contributed by atoms with Crippen LogP contribution in [0.1, 0.15) is 90.2 Å². The molecule has 0 saturated heterocycles. The summed E-state index contributed by atoms with van der Waals surface area (Å²) in [6, 6.07) is 5.74. The second-order valence-electron chi connectivity index (χ2n) is 8.18. The van der Waals surface area contributed by atoms with Gasteiger partial charge in [-0.2, -0.15) is 0 Å². The van der Waals surface area contributed by atoms with Gasteiger partial charge in [-0.3, -0.25) is 9.97 Å². The molecule has 0 unspecified atom stereocenters. The number of hydrogen-bond donors (Lipinski definition) is 0. The van der Waals surface area contributed by atoms with Crippen LogP contribution in [0.5, 0.6) is 0 Å². The van der Waals surface area contributed by atoms with Crippen LogP contribution in [0.4, 0.5) is 0 Å². The SMILES string of the molecule is CCC[CH2][Sn+2][CH2]CCC.CCC[CH2][Sn+2][CH2]CCC.[O-]/N=C(\[O-])c1ccncc1.[O-]/N=C(\[O-])c1ccncc1. The molecule has 0 radical (unpaired) electrons. The molecule has 8 nitrogen and oxygen atoms in total. The van der Waals surface area contributed by atoms with Crippen molar-refractivity contribution in [3.8, 4) is 0 Å². The number of hydrogen-bond acceptors (Lipinski definition) is 8. The van der Waals surface area contributed by atoms with Crippen molar-refractivity contribution in [1.82, 2.24) is 9.97 Å². The Morgan fingerprint density at radius 2 is 0.842 bits per heavy atom. The fraction of sp³-hybridized carbons (Fsp3) is 0.571. The van der Waals surface area contributed by atoms with Crippen molar-refractivity contribution >= 4 is 54.1 Å². The predicted molar refractivity (Wildman–Crippen MR) is 159 cm³/mol. The first-order chi connectivity index (χ1) is 18.5. The monoisotopic (exact) mass is 740 g/mol. The number of unbranched alkanes of at least 4 members (excludes halogenated alkanes) is 4. The summed E-state index contributed by atoms with van der Waals surface area (Å²) >= 11 is 0.299. The molecule has 0 bridgehead atoms. The number of pyridine rings is 2. The van der Waals surface area contributed by atoms with Crippen molar-refractivity contribution in [2.24, 2.45) is 10.3 Å². The average molecular weight is 738 g/mol. The van der Waals surface area contributed by atoms with E-state index in [2.05, 4.69) is 48.0 Å². The summed E-state index contributed by atoms with van der Waals surface area (Å²) in [5, 5.41) is 44.9. The van der Waals surface area contributed by atoms with E-state index in [0.29, 0.717) is 0 Å². The Bertz CT molecular complexity index is 718. The molecule has 0 amide bonds. The van der Waals surface area contributed by atoms with E-state index in [1.165, 1.54) is 100 Å². The molecule has 0 saturated carbocycles. The summed E-state index contributed by atoms with van der Waals surface area (Å²) in [4.78, 5) is 7.33. The summed E-state index contributed by atoms with van der Waals surface area (Å²) < 4.78 is 6.50. The first-order valence-corrected chi connectivity index (χ1v) is 21.6. The quantitative estimate of drug-likeness (QED) is 0.0809. The van der Waals surface area contributed by atoms with Gasteiger partial charge in [0.05, 0.1) is 0 Å². The Morgan fingerprint density at radius 3 is 1.05 bits per heavy atom. The maximum atomic E-state index is 10.5. The molecule has 0 aromatic carbocycles. The van der Waals surface area contributed by atoms with Crippen molar-refractivity contribution in [3.63, 3.8) is 0 Å². The molecule has 10 heteroatoms. The van der Waals surface area contributed by atoms with Crippen LogP contribution in [0, 0.1) is 10.4 Å². The Hall–Kier alpha value is -1.56. The normalized spacial score (nSPS) is 10.3. The topological polar surface area (TPSA) is 143 Å². The maximum Gasteiger partial charge on any atom is 0.0274 e. The van der Waals surface area contributed by atoms with E-state index in [1.807, 2.05) is 0 Å². The first kappa shape index (κ1) is 38.6. The maximum absolute atomic E-state index is 10.5. The zero-order chi connectivity index (χ0) is 28.7. The third-order valence-electron chi connectivity index (χ3n) is 4.85. The zero-order valence-corrected chi connectivity index (χ0v) is 29.2. The minimum absolute atomic E-state index is 0.149. The van der Waals surface area contributed by atoms with Crippen molar-refractivity contribution < 1.29 is 10.2 Å². The Morgan fingerprint density at radius 1 is 0.579 bits per heavy atom. The van der Waals surface area contributed by atoms with Gasteiger partial charge in [0.2, 0.25) is 0 Å². The third kappa shape index (κ3) is 26.1. The second-order valence-corrected chi connectivity index (χ2v) is 16.7. The smallest absolute Gasteiger partial charge is 0.0274 e. The average Bonchev–Trinajstić information content (AvgIpc) is 2.98. The standard InChI is InChI=1S/2C6H6N2O2.4C4H9.2Sn/c2*9-6(8-10)5-1-3-7-4-2-5;4*1-3-4-2;;/h2*1-4,10H,(H,8,9);4*1,3-4H2,2H3;;/q;;;;;;2*+2/p-4. The molecule has 0 N–H and O–H groups in total. The van der Waals surface area contributed by atoms with Gasteiger partial charge in [-0.25, -0.2) is 0 Å². The molecular weight excluding hydrogens is 694 g/mol. The van der Waals surface area contributed by atoms with Gasteiger partial charge in [0.25, 0.3) is 0 Å². The van der Waals surface area contributed by atoms with Gasteiger partial charge in [0.15, 0.2) is 0 Å². The fourth-order valence-electron chi connectivity index (χ4n) is 2.55. The Kier molecular flexibility index (Phi) is 32.1. The van der Waals surface area contributed by atoms with Gasteiger partial charge >= 0.3 is 139 Å². The molecule has 0 aliphatic heterocycles. The largest absolute Gasteiger partial charge is 0.859 e. The van der Waals surface area contributed by atoms with Crippen molar-refractivity contribution in [2.75, 3.05) is 0 Å². The third-order valence-corrected chi connectivity index (χ3v) is 12.9. The summed E-state index contributed by atoms with van der Waals surface area (Å²) in [6.07, 6.45) is 17.4. The fourth-order valence-corrected chi connectivity index (χ4v) is 10.9. The molecule has 0 aliphatic carbocycles. The molecule has 208 valence electrons. The van der Waals surface area contributed by atoms with Crippen LogP contribution in [0.25, 0.3) is 0 Å². The van der Waals surface area contributed by atoms with Gasteiger partial charge < -0.3 is 30.9 Å². The van der Waals surface area contributed by atoms with E-state index in [1.54, 1.807) is 17.7 Å². The first-order valence-electron chi connectivity index (χ1n) is 13.5. The summed E-state index contributed by atoms with van der Waals surface area (Å²) in [5.41, 5.74) is 0.537. The van der Waals surface area contributed by atoms with Gasteiger partial charge in [-0.15, -0.1) is 0 Å². The Balaban J connectivity index is 0. The molecular formula is C28H44N4O4Sn2. The van der Waals surface area contributed by atoms with Crippen LogP contribution in [-0.2, 0) is 0 Å². The summed E-state index contributed by atoms with van der Waals surface area (Å²) in [5.74, 6) is -1.52. The number of aromatic nitrogens is 2. The molecule has 2 rings (SSSR count). The van der Waals surface area contributed by atoms with E-state index < -0.39 is 11.8 Å². The van der Waals surface area contributed by atoms with Crippen molar-refractivity contribution in [1.29, 1.82) is 0 Å². The summed E-state index contributed by atoms with van der Waals surface area (Å²) in [7, 11) is 0. The van der Waals surface area contributed by atoms with E-state index in [-0.39, 0.29) is 53.4 Å². The van der Waals surface area contributed by atoms with Gasteiger partial charge in [-0.05, 0) is 47.2 Å². The minimum atomic E-state index is -0.762. The van der Waals surface area contributed by atoms with E-state index >= 15 is 0 Å². The Labute approximate surface area is 250 Å². The van der Waals surface area contributed by atoms with E-state index in [4.69, 9.17) is 0 Å². The van der Waals surface area contributed by atoms with Crippen molar-refractivity contribution in [3.05, 3.63) is 70.6 Å². The van der Waals surface area contributed by atoms with Crippen LogP contribution in [-0.4, -0.2) is 64.0 Å². The molecule has 0 spiro atoms. The molecule has 2 aromatic rings. The molecule has 0 fully saturated rings. The molecule has 0 aliphatic rings. The van der Waals surface area contributed by atoms with Gasteiger partial charge in [0, 0.05) is 24.8 Å². The molecule has 2 heterocycles. The summed E-state index contributed by atoms with van der Waals surface area (Å²) in [6.45, 7) is 9.16. The van der Waals surface area contributed by atoms with Gasteiger partial charge in [0.1, 0.15) is 0 Å². The molecule has 0 atom stereocenters. The predicted octanol–water partition coefficient (Wildman–Crippen LogP) is 5.63. The zero-order valence-electron chi connectivity index (χ0n) is 23.5. The molecule has 38 heavy (non-hydrogen) atoms. The van der Waals surface area contributed by atoms with Crippen LogP contribution in [0.2, 0.25) is 17.7 Å². The molecule has 2 aromatic heterocycles.